The number of anilines is 2. The maximum absolute atomic E-state index is 6.28. The summed E-state index contributed by atoms with van der Waals surface area (Å²) in [7, 11) is 5.36. The number of hydrogen-bond donors (Lipinski definition) is 1. The largest absolute Gasteiger partial charge is 0.394 e. The Balaban J connectivity index is 2.93. The molecule has 0 bridgehead atoms. The average Bonchev–Trinajstić information content (AvgIpc) is 2.70. The zero-order valence-corrected chi connectivity index (χ0v) is 13.3. The van der Waals surface area contributed by atoms with Crippen molar-refractivity contribution in [2.45, 2.75) is 26.2 Å². The number of nitrogens with zero attached hydrogens (tertiary/aromatic N) is 3. The van der Waals surface area contributed by atoms with Gasteiger partial charge in [-0.1, -0.05) is 13.8 Å². The number of rotatable bonds is 9. The Morgan fingerprint density at radius 3 is 2.35 bits per heavy atom. The van der Waals surface area contributed by atoms with E-state index in [1.54, 1.807) is 14.2 Å². The van der Waals surface area contributed by atoms with Crippen molar-refractivity contribution in [2.75, 3.05) is 51.2 Å². The predicted octanol–water partition coefficient (Wildman–Crippen LogP) is 1.61. The monoisotopic (exact) mass is 284 g/mol. The summed E-state index contributed by atoms with van der Waals surface area (Å²) in [6, 6.07) is 0. The molecule has 0 unspecified atom stereocenters. The maximum Gasteiger partial charge on any atom is 0.150 e. The molecule has 116 valence electrons. The summed E-state index contributed by atoms with van der Waals surface area (Å²) < 4.78 is 12.2. The molecule has 0 aromatic carbocycles. The van der Waals surface area contributed by atoms with Crippen molar-refractivity contribution < 1.29 is 9.47 Å². The molecule has 0 radical (unpaired) electrons. The summed E-state index contributed by atoms with van der Waals surface area (Å²) in [6.45, 7) is 7.27. The van der Waals surface area contributed by atoms with Crippen molar-refractivity contribution >= 4 is 11.5 Å². The summed E-state index contributed by atoms with van der Waals surface area (Å²) >= 11 is 0. The van der Waals surface area contributed by atoms with Gasteiger partial charge in [0, 0.05) is 41.0 Å². The normalized spacial score (nSPS) is 11.3. The number of hydrogen-bond acceptors (Lipinski definition) is 5. The Kier molecular flexibility index (Phi) is 6.81. The van der Waals surface area contributed by atoms with E-state index in [0.29, 0.717) is 12.5 Å². The van der Waals surface area contributed by atoms with Gasteiger partial charge in [0.1, 0.15) is 0 Å². The van der Waals surface area contributed by atoms with E-state index in [4.69, 9.17) is 15.2 Å². The molecule has 0 fully saturated rings. The van der Waals surface area contributed by atoms with Gasteiger partial charge in [-0.05, 0) is 12.3 Å². The summed E-state index contributed by atoms with van der Waals surface area (Å²) in [5, 5.41) is 4.54. The molecule has 2 N–H and O–H groups in total. The number of methoxy groups -OCH3 is 2. The van der Waals surface area contributed by atoms with E-state index in [9.17, 15) is 0 Å². The van der Waals surface area contributed by atoms with E-state index in [2.05, 4.69) is 23.8 Å². The molecule has 0 saturated carbocycles. The lowest BCUT2D eigenvalue weighted by atomic mass is 10.1. The van der Waals surface area contributed by atoms with Crippen molar-refractivity contribution in [3.63, 3.8) is 0 Å². The molecule has 0 atom stereocenters. The third-order valence-electron chi connectivity index (χ3n) is 3.27. The molecule has 0 aliphatic rings. The average molecular weight is 284 g/mol. The lowest BCUT2D eigenvalue weighted by Gasteiger charge is -2.25. The molecule has 0 spiro atoms. The summed E-state index contributed by atoms with van der Waals surface area (Å²) in [6.07, 6.45) is 0.946. The van der Waals surface area contributed by atoms with Crippen LogP contribution in [0.1, 0.15) is 31.9 Å². The van der Waals surface area contributed by atoms with Crippen LogP contribution >= 0.6 is 0 Å². The van der Waals surface area contributed by atoms with Crippen molar-refractivity contribution in [1.82, 2.24) is 9.78 Å². The highest BCUT2D eigenvalue weighted by molar-refractivity contribution is 5.67. The Morgan fingerprint density at radius 2 is 1.85 bits per heavy atom. The minimum atomic E-state index is 0.318. The molecule has 1 aromatic heterocycles. The second kappa shape index (κ2) is 8.11. The Morgan fingerprint density at radius 1 is 1.20 bits per heavy atom. The van der Waals surface area contributed by atoms with Crippen LogP contribution in [0.3, 0.4) is 0 Å². The molecule has 0 aliphatic carbocycles. The quantitative estimate of drug-likeness (QED) is 0.698. The van der Waals surface area contributed by atoms with E-state index in [1.807, 2.05) is 11.7 Å². The van der Waals surface area contributed by atoms with Gasteiger partial charge in [-0.2, -0.15) is 5.10 Å². The highest BCUT2D eigenvalue weighted by Gasteiger charge is 2.20. The Labute approximate surface area is 121 Å². The van der Waals surface area contributed by atoms with Crippen molar-refractivity contribution in [2.24, 2.45) is 7.05 Å². The van der Waals surface area contributed by atoms with Crippen LogP contribution in [0.25, 0.3) is 0 Å². The number of nitrogens with two attached hydrogens (primary N) is 1. The highest BCUT2D eigenvalue weighted by atomic mass is 16.5. The van der Waals surface area contributed by atoms with Crippen molar-refractivity contribution in [1.29, 1.82) is 0 Å². The zero-order chi connectivity index (χ0) is 15.1. The van der Waals surface area contributed by atoms with E-state index < -0.39 is 0 Å². The van der Waals surface area contributed by atoms with E-state index in [0.717, 1.165) is 43.3 Å². The van der Waals surface area contributed by atoms with Crippen LogP contribution < -0.4 is 10.6 Å². The van der Waals surface area contributed by atoms with Crippen LogP contribution in [0.2, 0.25) is 0 Å². The first-order chi connectivity index (χ1) is 9.52. The third-order valence-corrected chi connectivity index (χ3v) is 3.27. The van der Waals surface area contributed by atoms with E-state index >= 15 is 0 Å². The zero-order valence-electron chi connectivity index (χ0n) is 13.3. The SMILES string of the molecule is COCCCN(CCOC)c1c(N)c(C(C)C)nn1C. The summed E-state index contributed by atoms with van der Waals surface area (Å²) in [5.74, 6) is 1.29. The predicted molar refractivity (Wildman–Crippen MR) is 82.3 cm³/mol. The van der Waals surface area contributed by atoms with Crippen molar-refractivity contribution in [3.05, 3.63) is 5.69 Å². The first-order valence-corrected chi connectivity index (χ1v) is 7.08. The number of ether oxygens (including phenoxy) is 2. The Bertz CT molecular complexity index is 404. The maximum atomic E-state index is 6.28. The third kappa shape index (κ3) is 4.11. The molecule has 1 aromatic rings. The topological polar surface area (TPSA) is 65.5 Å². The molecular weight excluding hydrogens is 256 g/mol. The molecule has 6 heteroatoms. The summed E-state index contributed by atoms with van der Waals surface area (Å²) in [5.41, 5.74) is 8.01. The number of aromatic nitrogens is 2. The van der Waals surface area contributed by atoms with Gasteiger partial charge >= 0.3 is 0 Å². The van der Waals surface area contributed by atoms with Gasteiger partial charge in [-0.25, -0.2) is 0 Å². The molecule has 1 heterocycles. The number of nitrogen functional groups attached to an aromatic ring is 1. The molecule has 0 aliphatic heterocycles. The van der Waals surface area contributed by atoms with Gasteiger partial charge in [-0.3, -0.25) is 4.68 Å². The minimum Gasteiger partial charge on any atom is -0.394 e. The fourth-order valence-corrected chi connectivity index (χ4v) is 2.28. The van der Waals surface area contributed by atoms with Gasteiger partial charge in [0.05, 0.1) is 18.0 Å². The van der Waals surface area contributed by atoms with Crippen LogP contribution in [-0.2, 0) is 16.5 Å². The van der Waals surface area contributed by atoms with Gasteiger partial charge in [0.15, 0.2) is 5.82 Å². The Hall–Kier alpha value is -1.27. The van der Waals surface area contributed by atoms with Crippen LogP contribution in [0, 0.1) is 0 Å². The molecule has 1 rings (SSSR count). The molecule has 0 amide bonds. The van der Waals surface area contributed by atoms with E-state index in [-0.39, 0.29) is 0 Å². The van der Waals surface area contributed by atoms with Gasteiger partial charge in [0.25, 0.3) is 0 Å². The highest BCUT2D eigenvalue weighted by Crippen LogP contribution is 2.30. The number of aryl methyl sites for hydroxylation is 1. The first kappa shape index (κ1) is 16.8. The van der Waals surface area contributed by atoms with Crippen LogP contribution in [0.4, 0.5) is 11.5 Å². The van der Waals surface area contributed by atoms with Gasteiger partial charge < -0.3 is 20.1 Å². The first-order valence-electron chi connectivity index (χ1n) is 7.08. The van der Waals surface area contributed by atoms with Crippen LogP contribution in [0.5, 0.6) is 0 Å². The van der Waals surface area contributed by atoms with Crippen molar-refractivity contribution in [3.8, 4) is 0 Å². The van der Waals surface area contributed by atoms with E-state index in [1.165, 1.54) is 0 Å². The second-order valence-corrected chi connectivity index (χ2v) is 5.23. The van der Waals surface area contributed by atoms with Crippen LogP contribution in [-0.4, -0.2) is 50.3 Å². The molecule has 6 nitrogen and oxygen atoms in total. The second-order valence-electron chi connectivity index (χ2n) is 5.23. The van der Waals surface area contributed by atoms with Gasteiger partial charge in [-0.15, -0.1) is 0 Å². The van der Waals surface area contributed by atoms with Gasteiger partial charge in [0.2, 0.25) is 0 Å². The lowest BCUT2D eigenvalue weighted by Crippen LogP contribution is -2.31. The molecule has 0 saturated heterocycles. The smallest absolute Gasteiger partial charge is 0.150 e. The molecular formula is C14H28N4O2. The standard InChI is InChI=1S/C14H28N4O2/c1-11(2)13-12(15)14(17(3)16-13)18(8-10-20-5)7-6-9-19-4/h11H,6-10,15H2,1-5H3. The van der Waals surface area contributed by atoms with Crippen LogP contribution in [0.15, 0.2) is 0 Å². The fraction of sp³-hybridized carbons (Fsp3) is 0.786. The summed E-state index contributed by atoms with van der Waals surface area (Å²) in [4.78, 5) is 2.22. The fourth-order valence-electron chi connectivity index (χ4n) is 2.28. The minimum absolute atomic E-state index is 0.318. The lowest BCUT2D eigenvalue weighted by molar-refractivity contribution is 0.190. The molecule has 20 heavy (non-hydrogen) atoms.